The number of hydrogen-bond donors (Lipinski definition) is 1. The highest BCUT2D eigenvalue weighted by molar-refractivity contribution is 7.15. The fourth-order valence-electron chi connectivity index (χ4n) is 2.44. The minimum absolute atomic E-state index is 0.0868. The second kappa shape index (κ2) is 9.89. The summed E-state index contributed by atoms with van der Waals surface area (Å²) in [6.45, 7) is 5.54. The van der Waals surface area contributed by atoms with Crippen molar-refractivity contribution in [2.45, 2.75) is 27.2 Å². The molecule has 1 aromatic carbocycles. The maximum absolute atomic E-state index is 12.6. The summed E-state index contributed by atoms with van der Waals surface area (Å²) in [5.74, 6) is 0.297. The second-order valence-electron chi connectivity index (χ2n) is 6.07. The molecule has 0 saturated heterocycles. The van der Waals surface area contributed by atoms with E-state index >= 15 is 0 Å². The third kappa shape index (κ3) is 5.56. The van der Waals surface area contributed by atoms with Crippen LogP contribution in [-0.4, -0.2) is 38.4 Å². The van der Waals surface area contributed by atoms with Gasteiger partial charge in [0.1, 0.15) is 0 Å². The van der Waals surface area contributed by atoms with Gasteiger partial charge in [0.25, 0.3) is 5.91 Å². The smallest absolute Gasteiger partial charge is 0.332 e. The van der Waals surface area contributed by atoms with Crippen molar-refractivity contribution in [2.24, 2.45) is 5.16 Å². The molecule has 0 aliphatic rings. The molecule has 0 aliphatic carbocycles. The van der Waals surface area contributed by atoms with Crippen LogP contribution in [0.2, 0.25) is 0 Å². The summed E-state index contributed by atoms with van der Waals surface area (Å²) < 4.78 is 10.5. The predicted octanol–water partition coefficient (Wildman–Crippen LogP) is 3.01. The number of amides is 1. The molecule has 2 aromatic rings. The Morgan fingerprint density at radius 2 is 1.82 bits per heavy atom. The summed E-state index contributed by atoms with van der Waals surface area (Å²) in [5, 5.41) is 6.57. The molecule has 1 aromatic heterocycles. The number of carbonyl (C=O) groups is 2. The van der Waals surface area contributed by atoms with E-state index in [1.165, 1.54) is 18.3 Å². The van der Waals surface area contributed by atoms with Crippen LogP contribution in [0.4, 0.5) is 0 Å². The molecule has 0 aliphatic heterocycles. The Hall–Kier alpha value is -2.87. The lowest BCUT2D eigenvalue weighted by molar-refractivity contribution is -0.140. The first-order valence-corrected chi connectivity index (χ1v) is 9.49. The molecule has 1 amide bonds. The van der Waals surface area contributed by atoms with Crippen LogP contribution < -0.4 is 14.8 Å². The lowest BCUT2D eigenvalue weighted by atomic mass is 10.1. The first-order chi connectivity index (χ1) is 13.3. The number of hydrogen-bond acceptors (Lipinski definition) is 7. The molecule has 2 rings (SSSR count). The number of oxime groups is 1. The van der Waals surface area contributed by atoms with Crippen molar-refractivity contribution < 1.29 is 23.9 Å². The van der Waals surface area contributed by atoms with Crippen LogP contribution in [0.25, 0.3) is 0 Å². The molecule has 0 radical (unpaired) electrons. The van der Waals surface area contributed by atoms with Crippen LogP contribution in [0.5, 0.6) is 11.5 Å². The van der Waals surface area contributed by atoms with Crippen molar-refractivity contribution >= 4 is 28.9 Å². The molecule has 0 saturated carbocycles. The number of rotatable bonds is 8. The summed E-state index contributed by atoms with van der Waals surface area (Å²) in [5.41, 5.74) is 2.12. The van der Waals surface area contributed by atoms with E-state index in [2.05, 4.69) is 10.5 Å². The largest absolute Gasteiger partial charge is 0.493 e. The van der Waals surface area contributed by atoms with E-state index in [1.54, 1.807) is 14.2 Å². The highest BCUT2D eigenvalue weighted by atomic mass is 32.1. The Morgan fingerprint density at radius 3 is 2.39 bits per heavy atom. The van der Waals surface area contributed by atoms with E-state index in [1.807, 2.05) is 38.1 Å². The fraction of sp³-hybridized carbons (Fsp3) is 0.350. The van der Waals surface area contributed by atoms with E-state index in [4.69, 9.17) is 14.3 Å². The average Bonchev–Trinajstić information content (AvgIpc) is 2.99. The second-order valence-corrected chi connectivity index (χ2v) is 7.32. The minimum atomic E-state index is -0.583. The molecule has 0 fully saturated rings. The average molecular weight is 404 g/mol. The molecule has 150 valence electrons. The van der Waals surface area contributed by atoms with Gasteiger partial charge in [0.2, 0.25) is 0 Å². The molecule has 1 N–H and O–H groups in total. The molecular formula is C20H24N2O5S. The van der Waals surface area contributed by atoms with Gasteiger partial charge in [0, 0.05) is 18.3 Å². The summed E-state index contributed by atoms with van der Waals surface area (Å²) in [7, 11) is 3.15. The Morgan fingerprint density at radius 1 is 1.11 bits per heavy atom. The molecule has 0 unspecified atom stereocenters. The molecule has 0 atom stereocenters. The molecule has 1 heterocycles. The van der Waals surface area contributed by atoms with Crippen molar-refractivity contribution in [1.82, 2.24) is 5.32 Å². The highest BCUT2D eigenvalue weighted by Gasteiger charge is 2.18. The maximum atomic E-state index is 12.6. The van der Waals surface area contributed by atoms with Crippen molar-refractivity contribution in [3.63, 3.8) is 0 Å². The zero-order chi connectivity index (χ0) is 20.7. The molecule has 0 bridgehead atoms. The number of aryl methyl sites for hydroxylation is 2. The Balaban J connectivity index is 2.07. The van der Waals surface area contributed by atoms with Crippen molar-refractivity contribution in [1.29, 1.82) is 0 Å². The molecular weight excluding hydrogens is 380 g/mol. The Kier molecular flexibility index (Phi) is 7.57. The number of nitrogens with one attached hydrogen (secondary N) is 1. The summed E-state index contributed by atoms with van der Waals surface area (Å²) in [6, 6.07) is 7.45. The SMILES string of the molecule is COc1ccc(CCNC(=O)/C(=N\OC(C)=O)c2cc(C)c(C)s2)cc1OC. The van der Waals surface area contributed by atoms with Crippen LogP contribution in [0.1, 0.15) is 27.8 Å². The third-order valence-corrected chi connectivity index (χ3v) is 5.19. The molecule has 28 heavy (non-hydrogen) atoms. The van der Waals surface area contributed by atoms with Crippen LogP contribution >= 0.6 is 11.3 Å². The van der Waals surface area contributed by atoms with Gasteiger partial charge in [-0.1, -0.05) is 11.2 Å². The quantitative estimate of drug-likeness (QED) is 0.415. The van der Waals surface area contributed by atoms with Gasteiger partial charge >= 0.3 is 5.97 Å². The van der Waals surface area contributed by atoms with Gasteiger partial charge in [-0.15, -0.1) is 11.3 Å². The topological polar surface area (TPSA) is 86.2 Å². The number of methoxy groups -OCH3 is 2. The summed E-state index contributed by atoms with van der Waals surface area (Å²) in [4.78, 5) is 30.2. The fourth-order valence-corrected chi connectivity index (χ4v) is 3.45. The van der Waals surface area contributed by atoms with Crippen molar-refractivity contribution in [2.75, 3.05) is 20.8 Å². The van der Waals surface area contributed by atoms with E-state index in [0.717, 1.165) is 16.0 Å². The molecule has 7 nitrogen and oxygen atoms in total. The van der Waals surface area contributed by atoms with E-state index < -0.39 is 11.9 Å². The summed E-state index contributed by atoms with van der Waals surface area (Å²) >= 11 is 1.43. The zero-order valence-electron chi connectivity index (χ0n) is 16.6. The van der Waals surface area contributed by atoms with Gasteiger partial charge in [-0.25, -0.2) is 4.79 Å². The number of carbonyl (C=O) groups excluding carboxylic acids is 2. The maximum Gasteiger partial charge on any atom is 0.332 e. The van der Waals surface area contributed by atoms with Gasteiger partial charge in [-0.3, -0.25) is 4.79 Å². The number of benzene rings is 1. The third-order valence-electron chi connectivity index (χ3n) is 4.03. The van der Waals surface area contributed by atoms with E-state index in [-0.39, 0.29) is 5.71 Å². The number of thiophene rings is 1. The highest BCUT2D eigenvalue weighted by Crippen LogP contribution is 2.27. The standard InChI is InChI=1S/C20H24N2O5S/c1-12-10-18(28-13(12)2)19(22-27-14(3)23)20(24)21-9-8-15-6-7-16(25-4)17(11-15)26-5/h6-7,10-11H,8-9H2,1-5H3,(H,21,24)/b22-19-. The Bertz CT molecular complexity index is 869. The molecule has 0 spiro atoms. The first kappa shape index (κ1) is 21.4. The van der Waals surface area contributed by atoms with Gasteiger partial charge in [0.15, 0.2) is 17.2 Å². The van der Waals surface area contributed by atoms with Gasteiger partial charge in [0.05, 0.1) is 19.1 Å². The van der Waals surface area contributed by atoms with E-state index in [0.29, 0.717) is 29.3 Å². The van der Waals surface area contributed by atoms with Gasteiger partial charge in [-0.05, 0) is 49.6 Å². The van der Waals surface area contributed by atoms with Crippen molar-refractivity contribution in [3.8, 4) is 11.5 Å². The number of nitrogens with zero attached hydrogens (tertiary/aromatic N) is 1. The van der Waals surface area contributed by atoms with Gasteiger partial charge in [-0.2, -0.15) is 0 Å². The molecule has 8 heteroatoms. The van der Waals surface area contributed by atoms with Crippen LogP contribution in [0.3, 0.4) is 0 Å². The first-order valence-electron chi connectivity index (χ1n) is 8.67. The lowest BCUT2D eigenvalue weighted by Gasteiger charge is -2.10. The monoisotopic (exact) mass is 404 g/mol. The minimum Gasteiger partial charge on any atom is -0.493 e. The van der Waals surface area contributed by atoms with Crippen LogP contribution in [0, 0.1) is 13.8 Å². The van der Waals surface area contributed by atoms with Crippen molar-refractivity contribution in [3.05, 3.63) is 45.1 Å². The Labute approximate surface area is 168 Å². The zero-order valence-corrected chi connectivity index (χ0v) is 17.4. The predicted molar refractivity (Wildman–Crippen MR) is 108 cm³/mol. The normalized spacial score (nSPS) is 11.1. The van der Waals surface area contributed by atoms with Gasteiger partial charge < -0.3 is 19.6 Å². The number of ether oxygens (including phenoxy) is 2. The summed E-state index contributed by atoms with van der Waals surface area (Å²) in [6.07, 6.45) is 0.593. The van der Waals surface area contributed by atoms with Crippen LogP contribution in [0.15, 0.2) is 29.4 Å². The lowest BCUT2D eigenvalue weighted by Crippen LogP contribution is -2.33. The van der Waals surface area contributed by atoms with Crippen LogP contribution in [-0.2, 0) is 20.8 Å². The van der Waals surface area contributed by atoms with E-state index in [9.17, 15) is 9.59 Å².